The zero-order valence-electron chi connectivity index (χ0n) is 13.7. The van der Waals surface area contributed by atoms with Gasteiger partial charge in [0.2, 0.25) is 5.95 Å². The number of aromatic nitrogens is 2. The molecule has 8 heteroatoms. The second kappa shape index (κ2) is 8.49. The molecule has 0 radical (unpaired) electrons. The van der Waals surface area contributed by atoms with E-state index >= 15 is 0 Å². The third-order valence-corrected chi connectivity index (χ3v) is 3.67. The van der Waals surface area contributed by atoms with Gasteiger partial charge < -0.3 is 9.47 Å². The van der Waals surface area contributed by atoms with Crippen molar-refractivity contribution in [2.75, 3.05) is 19.1 Å². The van der Waals surface area contributed by atoms with E-state index in [1.807, 2.05) is 26.0 Å². The van der Waals surface area contributed by atoms with Gasteiger partial charge in [0.1, 0.15) is 0 Å². The molecule has 0 fully saturated rings. The smallest absolute Gasteiger partial charge is 0.252 e. The highest BCUT2D eigenvalue weighted by molar-refractivity contribution is 9.10. The van der Waals surface area contributed by atoms with Crippen LogP contribution in [0.25, 0.3) is 0 Å². The molecule has 0 aliphatic heterocycles. The highest BCUT2D eigenvalue weighted by atomic mass is 79.9. The van der Waals surface area contributed by atoms with Crippen molar-refractivity contribution in [1.82, 2.24) is 9.97 Å². The Morgan fingerprint density at radius 2 is 2.17 bits per heavy atom. The molecule has 0 unspecified atom stereocenters. The van der Waals surface area contributed by atoms with E-state index < -0.39 is 0 Å². The van der Waals surface area contributed by atoms with Crippen molar-refractivity contribution in [3.63, 3.8) is 0 Å². The van der Waals surface area contributed by atoms with Gasteiger partial charge in [-0.25, -0.2) is 10.4 Å². The highest BCUT2D eigenvalue weighted by Crippen LogP contribution is 2.36. The van der Waals surface area contributed by atoms with Crippen molar-refractivity contribution in [2.24, 2.45) is 5.10 Å². The maximum absolute atomic E-state index is 11.5. The Bertz CT molecular complexity index is 789. The zero-order chi connectivity index (χ0) is 17.5. The molecule has 2 aromatic rings. The number of ether oxygens (including phenoxy) is 2. The van der Waals surface area contributed by atoms with E-state index in [9.17, 15) is 4.79 Å². The van der Waals surface area contributed by atoms with Gasteiger partial charge in [-0.05, 0) is 47.0 Å². The maximum Gasteiger partial charge on any atom is 0.252 e. The lowest BCUT2D eigenvalue weighted by Gasteiger charge is -2.11. The van der Waals surface area contributed by atoms with Crippen molar-refractivity contribution in [1.29, 1.82) is 0 Å². The van der Waals surface area contributed by atoms with Gasteiger partial charge in [0, 0.05) is 11.8 Å². The Labute approximate surface area is 148 Å². The number of nitrogens with one attached hydrogen (secondary N) is 2. The van der Waals surface area contributed by atoms with E-state index in [4.69, 9.17) is 9.47 Å². The number of hydrogen-bond acceptors (Lipinski definition) is 6. The summed E-state index contributed by atoms with van der Waals surface area (Å²) in [6.07, 6.45) is 2.27. The second-order valence-corrected chi connectivity index (χ2v) is 5.63. The van der Waals surface area contributed by atoms with E-state index in [0.29, 0.717) is 36.2 Å². The molecule has 0 saturated carbocycles. The number of anilines is 1. The average Bonchev–Trinajstić information content (AvgIpc) is 2.54. The molecule has 1 aromatic heterocycles. The van der Waals surface area contributed by atoms with Crippen LogP contribution in [0.3, 0.4) is 0 Å². The van der Waals surface area contributed by atoms with Crippen LogP contribution < -0.4 is 20.5 Å². The molecule has 128 valence electrons. The standard InChI is InChI=1S/C16H19BrN4O3/c1-4-11-8-14(22)20-16(19-11)21-18-9-10-6-12(17)15(23-3)13(7-10)24-5-2/h6-9H,4-5H2,1-3H3,(H2,19,20,21,22)/b18-9-. The number of nitrogens with zero attached hydrogens (tertiary/aromatic N) is 2. The number of aryl methyl sites for hydroxylation is 1. The first-order valence-corrected chi connectivity index (χ1v) is 8.26. The number of aromatic amines is 1. The van der Waals surface area contributed by atoms with Gasteiger partial charge in [-0.2, -0.15) is 5.10 Å². The van der Waals surface area contributed by atoms with Gasteiger partial charge in [0.25, 0.3) is 5.56 Å². The van der Waals surface area contributed by atoms with Crippen LogP contribution in [-0.2, 0) is 6.42 Å². The van der Waals surface area contributed by atoms with Gasteiger partial charge in [0.05, 0.1) is 24.4 Å². The summed E-state index contributed by atoms with van der Waals surface area (Å²) in [5, 5.41) is 4.10. The molecule has 1 aromatic carbocycles. The summed E-state index contributed by atoms with van der Waals surface area (Å²) in [6.45, 7) is 4.36. The van der Waals surface area contributed by atoms with Crippen LogP contribution in [0, 0.1) is 0 Å². The van der Waals surface area contributed by atoms with Gasteiger partial charge in [0.15, 0.2) is 11.5 Å². The lowest BCUT2D eigenvalue weighted by atomic mass is 10.2. The topological polar surface area (TPSA) is 88.6 Å². The van der Waals surface area contributed by atoms with Crippen LogP contribution in [0.5, 0.6) is 11.5 Å². The average molecular weight is 395 g/mol. The summed E-state index contributed by atoms with van der Waals surface area (Å²) in [6, 6.07) is 5.13. The fourth-order valence-corrected chi connectivity index (χ4v) is 2.66. The molecular weight excluding hydrogens is 376 g/mol. The van der Waals surface area contributed by atoms with E-state index in [-0.39, 0.29) is 5.56 Å². The Balaban J connectivity index is 2.20. The van der Waals surface area contributed by atoms with Crippen molar-refractivity contribution >= 4 is 28.1 Å². The highest BCUT2D eigenvalue weighted by Gasteiger charge is 2.10. The SMILES string of the molecule is CCOc1cc(/C=N\Nc2nc(CC)cc(=O)[nH]2)cc(Br)c1OC. The van der Waals surface area contributed by atoms with E-state index in [1.165, 1.54) is 6.07 Å². The van der Waals surface area contributed by atoms with Crippen LogP contribution in [-0.4, -0.2) is 29.9 Å². The molecule has 2 rings (SSSR count). The summed E-state index contributed by atoms with van der Waals surface area (Å²) in [4.78, 5) is 18.3. The Morgan fingerprint density at radius 3 is 2.83 bits per heavy atom. The molecular formula is C16H19BrN4O3. The molecule has 24 heavy (non-hydrogen) atoms. The number of methoxy groups -OCH3 is 1. The molecule has 2 N–H and O–H groups in total. The van der Waals surface area contributed by atoms with Crippen LogP contribution in [0.1, 0.15) is 25.1 Å². The third kappa shape index (κ3) is 4.58. The second-order valence-electron chi connectivity index (χ2n) is 4.78. The molecule has 0 spiro atoms. The number of hydrogen-bond donors (Lipinski definition) is 2. The third-order valence-electron chi connectivity index (χ3n) is 3.08. The molecule has 0 aliphatic carbocycles. The molecule has 1 heterocycles. The van der Waals surface area contributed by atoms with E-state index in [0.717, 1.165) is 10.0 Å². The first kappa shape index (κ1) is 18.0. The summed E-state index contributed by atoms with van der Waals surface area (Å²) < 4.78 is 11.6. The van der Waals surface area contributed by atoms with Crippen molar-refractivity contribution < 1.29 is 9.47 Å². The van der Waals surface area contributed by atoms with E-state index in [2.05, 4.69) is 36.4 Å². The first-order chi connectivity index (χ1) is 11.6. The van der Waals surface area contributed by atoms with Gasteiger partial charge in [-0.1, -0.05) is 6.92 Å². The number of H-pyrrole nitrogens is 1. The molecule has 0 bridgehead atoms. The maximum atomic E-state index is 11.5. The Morgan fingerprint density at radius 1 is 1.38 bits per heavy atom. The van der Waals surface area contributed by atoms with Gasteiger partial charge in [-0.15, -0.1) is 0 Å². The molecule has 0 aliphatic rings. The van der Waals surface area contributed by atoms with E-state index in [1.54, 1.807) is 13.3 Å². The number of benzene rings is 1. The Kier molecular flexibility index (Phi) is 6.36. The number of hydrazone groups is 1. The molecule has 0 amide bonds. The zero-order valence-corrected chi connectivity index (χ0v) is 15.3. The Hall–Kier alpha value is -2.35. The van der Waals surface area contributed by atoms with Gasteiger partial charge in [-0.3, -0.25) is 9.78 Å². The fourth-order valence-electron chi connectivity index (χ4n) is 2.03. The normalized spacial score (nSPS) is 10.8. The minimum Gasteiger partial charge on any atom is -0.492 e. The molecule has 0 saturated heterocycles. The quantitative estimate of drug-likeness (QED) is 0.556. The van der Waals surface area contributed by atoms with Crippen molar-refractivity contribution in [3.8, 4) is 11.5 Å². The lowest BCUT2D eigenvalue weighted by molar-refractivity contribution is 0.310. The van der Waals surface area contributed by atoms with Crippen LogP contribution in [0.15, 0.2) is 32.6 Å². The number of halogens is 1. The largest absolute Gasteiger partial charge is 0.492 e. The first-order valence-electron chi connectivity index (χ1n) is 7.47. The predicted octanol–water partition coefficient (Wildman–Crippen LogP) is 2.95. The minimum atomic E-state index is -0.217. The van der Waals surface area contributed by atoms with Crippen LogP contribution in [0.4, 0.5) is 5.95 Å². The molecule has 7 nitrogen and oxygen atoms in total. The lowest BCUT2D eigenvalue weighted by Crippen LogP contribution is -2.11. The van der Waals surface area contributed by atoms with Crippen molar-refractivity contribution in [2.45, 2.75) is 20.3 Å². The minimum absolute atomic E-state index is 0.217. The fraction of sp³-hybridized carbons (Fsp3) is 0.312. The summed E-state index contributed by atoms with van der Waals surface area (Å²) >= 11 is 3.45. The number of rotatable bonds is 7. The summed E-state index contributed by atoms with van der Waals surface area (Å²) in [5.41, 5.74) is 4.00. The van der Waals surface area contributed by atoms with Crippen molar-refractivity contribution in [3.05, 3.63) is 44.3 Å². The summed E-state index contributed by atoms with van der Waals surface area (Å²) in [7, 11) is 1.58. The summed E-state index contributed by atoms with van der Waals surface area (Å²) in [5.74, 6) is 1.55. The van der Waals surface area contributed by atoms with Gasteiger partial charge >= 0.3 is 0 Å². The monoisotopic (exact) mass is 394 g/mol. The van der Waals surface area contributed by atoms with Crippen LogP contribution in [0.2, 0.25) is 0 Å². The predicted molar refractivity (Wildman–Crippen MR) is 97.3 cm³/mol. The molecule has 0 atom stereocenters. The van der Waals surface area contributed by atoms with Crippen LogP contribution >= 0.6 is 15.9 Å².